The van der Waals surface area contributed by atoms with Crippen molar-refractivity contribution in [3.05, 3.63) is 11.9 Å². The van der Waals surface area contributed by atoms with Crippen molar-refractivity contribution in [2.75, 3.05) is 17.8 Å². The highest BCUT2D eigenvalue weighted by Crippen LogP contribution is 2.15. The van der Waals surface area contributed by atoms with E-state index in [0.29, 0.717) is 17.9 Å². The number of nitrogens with one attached hydrogen (secondary N) is 2. The molecule has 6 nitrogen and oxygen atoms in total. The van der Waals surface area contributed by atoms with E-state index in [1.807, 2.05) is 6.92 Å². The van der Waals surface area contributed by atoms with E-state index in [0.717, 1.165) is 6.54 Å². The Hall–Kier alpha value is -1.08. The van der Waals surface area contributed by atoms with E-state index in [4.69, 9.17) is 0 Å². The molecule has 0 spiro atoms. The van der Waals surface area contributed by atoms with E-state index in [-0.39, 0.29) is 0 Å². The third-order valence-corrected chi connectivity index (χ3v) is 4.21. The van der Waals surface area contributed by atoms with Gasteiger partial charge in [-0.3, -0.25) is 9.40 Å². The molecule has 0 aliphatic heterocycles. The van der Waals surface area contributed by atoms with Crippen molar-refractivity contribution in [1.29, 1.82) is 0 Å². The lowest BCUT2D eigenvalue weighted by Gasteiger charge is -2.14. The molecule has 0 saturated carbocycles. The Labute approximate surface area is 102 Å². The Balaban J connectivity index is 2.76. The van der Waals surface area contributed by atoms with Crippen LogP contribution in [0, 0.1) is 6.92 Å². The first-order chi connectivity index (χ1) is 7.86. The van der Waals surface area contributed by atoms with Gasteiger partial charge in [0.15, 0.2) is 0 Å². The predicted molar refractivity (Wildman–Crippen MR) is 68.5 cm³/mol. The second-order valence-corrected chi connectivity index (χ2v) is 6.17. The van der Waals surface area contributed by atoms with Crippen molar-refractivity contribution in [3.63, 3.8) is 0 Å². The zero-order valence-corrected chi connectivity index (χ0v) is 11.5. The van der Waals surface area contributed by atoms with Crippen molar-refractivity contribution in [3.8, 4) is 0 Å². The van der Waals surface area contributed by atoms with Gasteiger partial charge in [0.1, 0.15) is 0 Å². The molecular formula is C10H20N4O2S. The summed E-state index contributed by atoms with van der Waals surface area (Å²) in [5.41, 5.74) is 1.21. The summed E-state index contributed by atoms with van der Waals surface area (Å²) in [6.45, 7) is 6.58. The Kier molecular flexibility index (Phi) is 4.53. The van der Waals surface area contributed by atoms with Gasteiger partial charge in [0.05, 0.1) is 16.6 Å². The standard InChI is InChI=1S/C10H20N4O2S/c1-5-11-6-8(2)17(15,16)13-10-7-14(4)12-9(10)3/h7-8,11,13H,5-6H2,1-4H3. The molecule has 0 saturated heterocycles. The summed E-state index contributed by atoms with van der Waals surface area (Å²) in [6, 6.07) is 0. The Bertz CT molecular complexity index is 467. The van der Waals surface area contributed by atoms with Crippen LogP contribution in [-0.2, 0) is 17.1 Å². The number of hydrogen-bond acceptors (Lipinski definition) is 4. The molecule has 98 valence electrons. The normalized spacial score (nSPS) is 13.6. The fraction of sp³-hybridized carbons (Fsp3) is 0.700. The number of anilines is 1. The van der Waals surface area contributed by atoms with Crippen LogP contribution >= 0.6 is 0 Å². The number of sulfonamides is 1. The van der Waals surface area contributed by atoms with Crippen molar-refractivity contribution in [2.24, 2.45) is 7.05 Å². The van der Waals surface area contributed by atoms with Crippen LogP contribution < -0.4 is 10.0 Å². The quantitative estimate of drug-likeness (QED) is 0.779. The molecule has 0 aliphatic rings. The van der Waals surface area contributed by atoms with Crippen LogP contribution in [0.15, 0.2) is 6.20 Å². The van der Waals surface area contributed by atoms with E-state index in [2.05, 4.69) is 15.1 Å². The third kappa shape index (κ3) is 3.71. The van der Waals surface area contributed by atoms with Crippen molar-refractivity contribution in [1.82, 2.24) is 15.1 Å². The lowest BCUT2D eigenvalue weighted by Crippen LogP contribution is -2.34. The number of aromatic nitrogens is 2. The molecule has 1 heterocycles. The molecule has 0 bridgehead atoms. The van der Waals surface area contributed by atoms with Gasteiger partial charge in [-0.1, -0.05) is 6.92 Å². The second-order valence-electron chi connectivity index (χ2n) is 4.07. The van der Waals surface area contributed by atoms with Crippen LogP contribution in [0.3, 0.4) is 0 Å². The molecule has 2 N–H and O–H groups in total. The Morgan fingerprint density at radius 3 is 2.65 bits per heavy atom. The molecular weight excluding hydrogens is 240 g/mol. The van der Waals surface area contributed by atoms with Gasteiger partial charge >= 0.3 is 0 Å². The molecule has 0 amide bonds. The SMILES string of the molecule is CCNCC(C)S(=O)(=O)Nc1cn(C)nc1C. The molecule has 1 aromatic rings. The van der Waals surface area contributed by atoms with Gasteiger partial charge in [-0.2, -0.15) is 5.10 Å². The highest BCUT2D eigenvalue weighted by Gasteiger charge is 2.21. The molecule has 0 aliphatic carbocycles. The number of hydrogen-bond donors (Lipinski definition) is 2. The molecule has 0 fully saturated rings. The molecule has 0 radical (unpaired) electrons. The van der Waals surface area contributed by atoms with Crippen LogP contribution in [0.1, 0.15) is 19.5 Å². The maximum absolute atomic E-state index is 12.0. The van der Waals surface area contributed by atoms with Gasteiger partial charge in [-0.15, -0.1) is 0 Å². The first-order valence-corrected chi connectivity index (χ1v) is 7.14. The number of rotatable bonds is 6. The number of aryl methyl sites for hydroxylation is 2. The lowest BCUT2D eigenvalue weighted by atomic mass is 10.4. The van der Waals surface area contributed by atoms with E-state index in [1.54, 1.807) is 31.8 Å². The van der Waals surface area contributed by atoms with Crippen LogP contribution in [0.4, 0.5) is 5.69 Å². The fourth-order valence-electron chi connectivity index (χ4n) is 1.41. The molecule has 1 rings (SSSR count). The average Bonchev–Trinajstić information content (AvgIpc) is 2.53. The minimum Gasteiger partial charge on any atom is -0.316 e. The lowest BCUT2D eigenvalue weighted by molar-refractivity contribution is 0.579. The monoisotopic (exact) mass is 260 g/mol. The van der Waals surface area contributed by atoms with Crippen molar-refractivity contribution >= 4 is 15.7 Å². The van der Waals surface area contributed by atoms with Gasteiger partial charge in [0, 0.05) is 19.8 Å². The predicted octanol–water partition coefficient (Wildman–Crippen LogP) is 0.468. The van der Waals surface area contributed by atoms with E-state index in [1.165, 1.54) is 0 Å². The molecule has 0 aromatic carbocycles. The summed E-state index contributed by atoms with van der Waals surface area (Å²) in [7, 11) is -1.60. The smallest absolute Gasteiger partial charge is 0.236 e. The zero-order chi connectivity index (χ0) is 13.1. The van der Waals surface area contributed by atoms with E-state index < -0.39 is 15.3 Å². The topological polar surface area (TPSA) is 76.0 Å². The summed E-state index contributed by atoms with van der Waals surface area (Å²) in [4.78, 5) is 0. The van der Waals surface area contributed by atoms with Crippen LogP contribution in [0.2, 0.25) is 0 Å². The first kappa shape index (κ1) is 14.0. The van der Waals surface area contributed by atoms with E-state index >= 15 is 0 Å². The fourth-order valence-corrected chi connectivity index (χ4v) is 2.46. The summed E-state index contributed by atoms with van der Waals surface area (Å²) >= 11 is 0. The largest absolute Gasteiger partial charge is 0.316 e. The minimum atomic E-state index is -3.36. The van der Waals surface area contributed by atoms with Crippen LogP contribution in [0.5, 0.6) is 0 Å². The number of nitrogens with zero attached hydrogens (tertiary/aromatic N) is 2. The highest BCUT2D eigenvalue weighted by molar-refractivity contribution is 7.93. The first-order valence-electron chi connectivity index (χ1n) is 5.59. The Morgan fingerprint density at radius 2 is 2.18 bits per heavy atom. The summed E-state index contributed by atoms with van der Waals surface area (Å²) in [5.74, 6) is 0. The summed E-state index contributed by atoms with van der Waals surface area (Å²) in [5, 5.41) is 6.63. The molecule has 7 heteroatoms. The summed E-state index contributed by atoms with van der Waals surface area (Å²) in [6.07, 6.45) is 1.66. The van der Waals surface area contributed by atoms with Crippen molar-refractivity contribution < 1.29 is 8.42 Å². The molecule has 1 unspecified atom stereocenters. The van der Waals surface area contributed by atoms with E-state index in [9.17, 15) is 8.42 Å². The van der Waals surface area contributed by atoms with Crippen LogP contribution in [-0.4, -0.2) is 36.5 Å². The van der Waals surface area contributed by atoms with Gasteiger partial charge < -0.3 is 5.32 Å². The maximum Gasteiger partial charge on any atom is 0.236 e. The van der Waals surface area contributed by atoms with Crippen LogP contribution in [0.25, 0.3) is 0 Å². The van der Waals surface area contributed by atoms with Gasteiger partial charge in [-0.25, -0.2) is 8.42 Å². The Morgan fingerprint density at radius 1 is 1.53 bits per heavy atom. The van der Waals surface area contributed by atoms with Gasteiger partial charge in [-0.05, 0) is 20.4 Å². The summed E-state index contributed by atoms with van der Waals surface area (Å²) < 4.78 is 28.1. The maximum atomic E-state index is 12.0. The molecule has 1 aromatic heterocycles. The average molecular weight is 260 g/mol. The molecule has 1 atom stereocenters. The third-order valence-electron chi connectivity index (χ3n) is 2.48. The van der Waals surface area contributed by atoms with Crippen molar-refractivity contribution in [2.45, 2.75) is 26.0 Å². The zero-order valence-electron chi connectivity index (χ0n) is 10.7. The van der Waals surface area contributed by atoms with Gasteiger partial charge in [0.25, 0.3) is 0 Å². The minimum absolute atomic E-state index is 0.436. The van der Waals surface area contributed by atoms with Gasteiger partial charge in [0.2, 0.25) is 10.0 Å². The second kappa shape index (κ2) is 5.50. The molecule has 17 heavy (non-hydrogen) atoms. The highest BCUT2D eigenvalue weighted by atomic mass is 32.2.